The lowest BCUT2D eigenvalue weighted by atomic mass is 9.88. The molecule has 11 heteroatoms. The molecule has 6 rings (SSSR count). The van der Waals surface area contributed by atoms with Gasteiger partial charge in [0.2, 0.25) is 5.91 Å². The number of esters is 1. The van der Waals surface area contributed by atoms with Gasteiger partial charge in [-0.25, -0.2) is 13.9 Å². The number of nitrogens with zero attached hydrogens (tertiary/aromatic N) is 4. The van der Waals surface area contributed by atoms with E-state index in [1.807, 2.05) is 38.1 Å². The van der Waals surface area contributed by atoms with Gasteiger partial charge in [-0.2, -0.15) is 5.10 Å². The molecule has 2 N–H and O–H groups in total. The average Bonchev–Trinajstić information content (AvgIpc) is 3.69. The van der Waals surface area contributed by atoms with Crippen molar-refractivity contribution in [2.45, 2.75) is 58.3 Å². The van der Waals surface area contributed by atoms with Crippen molar-refractivity contribution < 1.29 is 28.2 Å². The normalized spacial score (nSPS) is 16.4. The summed E-state index contributed by atoms with van der Waals surface area (Å²) in [6.07, 6.45) is 3.96. The molecule has 2 amide bonds. The molecule has 1 saturated carbocycles. The Hall–Kier alpha value is -4.25. The predicted molar refractivity (Wildman–Crippen MR) is 163 cm³/mol. The van der Waals surface area contributed by atoms with Gasteiger partial charge in [-0.3, -0.25) is 9.59 Å². The molecule has 1 aliphatic carbocycles. The first-order chi connectivity index (χ1) is 20.9. The molecule has 10 nitrogen and oxygen atoms in total. The third-order valence-electron chi connectivity index (χ3n) is 7.82. The third-order valence-corrected chi connectivity index (χ3v) is 7.82. The van der Waals surface area contributed by atoms with Gasteiger partial charge >= 0.3 is 5.97 Å². The number of amides is 2. The monoisotopic (exact) mass is 593 g/mol. The van der Waals surface area contributed by atoms with Crippen molar-refractivity contribution in [1.29, 1.82) is 0 Å². The van der Waals surface area contributed by atoms with Gasteiger partial charge < -0.3 is 25.0 Å². The number of anilines is 2. The topological polar surface area (TPSA) is 120 Å². The fraction of sp³-hybridized carbons (Fsp3) is 0.438. The van der Waals surface area contributed by atoms with Crippen LogP contribution in [0.2, 0.25) is 0 Å². The minimum absolute atomic E-state index is 0.0595. The Morgan fingerprint density at radius 1 is 1.00 bits per heavy atom. The lowest BCUT2D eigenvalue weighted by molar-refractivity contribution is -0.119. The molecule has 1 saturated heterocycles. The quantitative estimate of drug-likeness (QED) is 0.399. The highest BCUT2D eigenvalue weighted by atomic mass is 19.1. The van der Waals surface area contributed by atoms with Crippen molar-refractivity contribution in [2.24, 2.45) is 5.73 Å². The maximum atomic E-state index is 14.7. The summed E-state index contributed by atoms with van der Waals surface area (Å²) in [6.45, 7) is 6.94. The van der Waals surface area contributed by atoms with Crippen molar-refractivity contribution in [3.63, 3.8) is 0 Å². The number of carbonyl (C=O) groups is 3. The first kappa shape index (κ1) is 31.7. The van der Waals surface area contributed by atoms with Gasteiger partial charge in [0.1, 0.15) is 5.69 Å². The van der Waals surface area contributed by atoms with Gasteiger partial charge in [-0.15, -0.1) is 0 Å². The second kappa shape index (κ2) is 13.4. The van der Waals surface area contributed by atoms with Crippen LogP contribution in [0.5, 0.6) is 5.75 Å². The summed E-state index contributed by atoms with van der Waals surface area (Å²) in [5.74, 6) is -1.40. The SMILES string of the molecule is CC.CCOC(=O)c1nn(-c2ccc(OC)c(F)c2)c2c1C1(CC1)CN(c1ccc(N3CCCCC3=O)cc1)C2=O.CN. The summed E-state index contributed by atoms with van der Waals surface area (Å²) in [4.78, 5) is 42.9. The van der Waals surface area contributed by atoms with Crippen molar-refractivity contribution in [2.75, 3.05) is 43.7 Å². The molecule has 3 aliphatic rings. The molecule has 43 heavy (non-hydrogen) atoms. The van der Waals surface area contributed by atoms with Crippen LogP contribution < -0.4 is 20.3 Å². The van der Waals surface area contributed by atoms with Crippen LogP contribution in [-0.2, 0) is 14.9 Å². The van der Waals surface area contributed by atoms with Crippen LogP contribution in [0.15, 0.2) is 42.5 Å². The molecule has 3 heterocycles. The highest BCUT2D eigenvalue weighted by Gasteiger charge is 2.56. The second-order valence-corrected chi connectivity index (χ2v) is 10.2. The van der Waals surface area contributed by atoms with Crippen LogP contribution in [0.4, 0.5) is 15.8 Å². The van der Waals surface area contributed by atoms with E-state index in [0.29, 0.717) is 36.4 Å². The highest BCUT2D eigenvalue weighted by Crippen LogP contribution is 2.54. The number of ether oxygens (including phenoxy) is 2. The first-order valence-corrected chi connectivity index (χ1v) is 14.8. The zero-order chi connectivity index (χ0) is 31.3. The number of carbonyl (C=O) groups excluding carboxylic acids is 3. The molecule has 0 atom stereocenters. The Kier molecular flexibility index (Phi) is 9.85. The van der Waals surface area contributed by atoms with E-state index in [1.54, 1.807) is 22.8 Å². The number of piperidine rings is 1. The summed E-state index contributed by atoms with van der Waals surface area (Å²) in [5, 5.41) is 4.52. The molecule has 1 spiro atoms. The van der Waals surface area contributed by atoms with Gasteiger partial charge in [0, 0.05) is 47.9 Å². The first-order valence-electron chi connectivity index (χ1n) is 14.8. The van der Waals surface area contributed by atoms with Crippen LogP contribution in [0.3, 0.4) is 0 Å². The summed E-state index contributed by atoms with van der Waals surface area (Å²) in [5.41, 5.74) is 6.71. The van der Waals surface area contributed by atoms with Gasteiger partial charge in [0.25, 0.3) is 5.91 Å². The predicted octanol–water partition coefficient (Wildman–Crippen LogP) is 5.01. The number of hydrogen-bond donors (Lipinski definition) is 1. The van der Waals surface area contributed by atoms with E-state index in [-0.39, 0.29) is 35.6 Å². The van der Waals surface area contributed by atoms with E-state index in [2.05, 4.69) is 10.8 Å². The number of hydrogen-bond acceptors (Lipinski definition) is 7. The maximum absolute atomic E-state index is 14.7. The van der Waals surface area contributed by atoms with Gasteiger partial charge in [0.05, 0.1) is 19.4 Å². The Morgan fingerprint density at radius 3 is 2.19 bits per heavy atom. The van der Waals surface area contributed by atoms with Crippen LogP contribution >= 0.6 is 0 Å². The van der Waals surface area contributed by atoms with E-state index in [1.165, 1.54) is 31.0 Å². The number of benzene rings is 2. The van der Waals surface area contributed by atoms with Gasteiger partial charge in [0.15, 0.2) is 17.3 Å². The maximum Gasteiger partial charge on any atom is 0.359 e. The standard InChI is InChI=1S/C29H29FN4O5.C2H6.CH5N/c1-3-39-28(37)25-24-26(34(31-25)20-11-12-22(38-2)21(30)16-20)27(36)33(17-29(24)13-14-29)19-9-7-18(8-10-19)32-15-5-4-6-23(32)35;2*1-2/h7-12,16H,3-6,13-15,17H2,1-2H3;1-2H3;2H2,1H3. The summed E-state index contributed by atoms with van der Waals surface area (Å²) in [6, 6.07) is 11.7. The molecule has 0 radical (unpaired) electrons. The summed E-state index contributed by atoms with van der Waals surface area (Å²) < 4.78 is 26.4. The van der Waals surface area contributed by atoms with Crippen molar-refractivity contribution in [1.82, 2.24) is 9.78 Å². The van der Waals surface area contributed by atoms with Crippen LogP contribution in [-0.4, -0.2) is 61.4 Å². The molecule has 1 aromatic heterocycles. The Bertz CT molecular complexity index is 1480. The van der Waals surface area contributed by atoms with Crippen LogP contribution in [0.25, 0.3) is 5.69 Å². The zero-order valence-electron chi connectivity index (χ0n) is 25.5. The number of nitrogens with two attached hydrogens (primary N) is 1. The lowest BCUT2D eigenvalue weighted by Gasteiger charge is -2.34. The fourth-order valence-corrected chi connectivity index (χ4v) is 5.67. The number of aromatic nitrogens is 2. The number of halogens is 1. The molecule has 3 aromatic rings. The Morgan fingerprint density at radius 2 is 1.63 bits per heavy atom. The average molecular weight is 594 g/mol. The van der Waals surface area contributed by atoms with Crippen LogP contribution in [0, 0.1) is 5.82 Å². The Labute approximate surface area is 251 Å². The molecule has 230 valence electrons. The molecular formula is C32H40FN5O5. The van der Waals surface area contributed by atoms with E-state index < -0.39 is 17.2 Å². The molecule has 0 unspecified atom stereocenters. The van der Waals surface area contributed by atoms with E-state index in [4.69, 9.17) is 9.47 Å². The van der Waals surface area contributed by atoms with E-state index in [9.17, 15) is 18.8 Å². The van der Waals surface area contributed by atoms with Crippen molar-refractivity contribution in [3.05, 3.63) is 65.2 Å². The minimum Gasteiger partial charge on any atom is -0.494 e. The minimum atomic E-state index is -0.610. The Balaban J connectivity index is 0.00000102. The lowest BCUT2D eigenvalue weighted by Crippen LogP contribution is -2.44. The summed E-state index contributed by atoms with van der Waals surface area (Å²) in [7, 11) is 2.87. The van der Waals surface area contributed by atoms with Crippen molar-refractivity contribution in [3.8, 4) is 11.4 Å². The zero-order valence-corrected chi connectivity index (χ0v) is 25.5. The second-order valence-electron chi connectivity index (χ2n) is 10.2. The summed E-state index contributed by atoms with van der Waals surface area (Å²) >= 11 is 0. The van der Waals surface area contributed by atoms with E-state index in [0.717, 1.165) is 31.4 Å². The number of fused-ring (bicyclic) bond motifs is 2. The number of rotatable bonds is 6. The van der Waals surface area contributed by atoms with Crippen molar-refractivity contribution >= 4 is 29.2 Å². The largest absolute Gasteiger partial charge is 0.494 e. The van der Waals surface area contributed by atoms with Crippen LogP contribution in [0.1, 0.15) is 79.4 Å². The molecular weight excluding hydrogens is 553 g/mol. The third kappa shape index (κ3) is 5.86. The molecule has 2 fully saturated rings. The van der Waals surface area contributed by atoms with Gasteiger partial charge in [-0.05, 0) is 76.1 Å². The molecule has 0 bridgehead atoms. The smallest absolute Gasteiger partial charge is 0.359 e. The van der Waals surface area contributed by atoms with E-state index >= 15 is 0 Å². The highest BCUT2D eigenvalue weighted by molar-refractivity contribution is 6.10. The fourth-order valence-electron chi connectivity index (χ4n) is 5.67. The van der Waals surface area contributed by atoms with Gasteiger partial charge in [-0.1, -0.05) is 13.8 Å². The number of methoxy groups -OCH3 is 1. The molecule has 2 aromatic carbocycles. The molecule has 2 aliphatic heterocycles.